The van der Waals surface area contributed by atoms with E-state index >= 15 is 0 Å². The van der Waals surface area contributed by atoms with Crippen molar-refractivity contribution in [2.24, 2.45) is 0 Å². The molecule has 1 aliphatic carbocycles. The summed E-state index contributed by atoms with van der Waals surface area (Å²) in [6, 6.07) is 5.13. The van der Waals surface area contributed by atoms with Gasteiger partial charge in [-0.1, -0.05) is 25.1 Å². The lowest BCUT2D eigenvalue weighted by molar-refractivity contribution is 0.108. The van der Waals surface area contributed by atoms with Gasteiger partial charge in [-0.05, 0) is 30.7 Å². The van der Waals surface area contributed by atoms with Crippen LogP contribution in [-0.2, 0) is 12.0 Å². The summed E-state index contributed by atoms with van der Waals surface area (Å²) in [5, 5.41) is 11.2. The molecule has 0 spiro atoms. The summed E-state index contributed by atoms with van der Waals surface area (Å²) < 4.78 is 19.0. The van der Waals surface area contributed by atoms with E-state index in [9.17, 15) is 9.18 Å². The number of anilines is 1. The van der Waals surface area contributed by atoms with E-state index in [2.05, 4.69) is 32.1 Å². The highest BCUT2D eigenvalue weighted by Crippen LogP contribution is 2.52. The monoisotopic (exact) mass is 432 g/mol. The maximum atomic E-state index is 13.3. The van der Waals surface area contributed by atoms with Gasteiger partial charge in [0, 0.05) is 36.2 Å². The number of halogens is 1. The molecule has 0 saturated carbocycles. The molecule has 3 aliphatic rings. The highest BCUT2D eigenvalue weighted by atomic mass is 19.1. The van der Waals surface area contributed by atoms with Crippen molar-refractivity contribution < 1.29 is 13.6 Å². The van der Waals surface area contributed by atoms with E-state index < -0.39 is 11.4 Å². The van der Waals surface area contributed by atoms with Crippen LogP contribution in [-0.4, -0.2) is 31.1 Å². The van der Waals surface area contributed by atoms with E-state index in [1.807, 2.05) is 26.0 Å². The summed E-state index contributed by atoms with van der Waals surface area (Å²) in [4.78, 5) is 23.1. The van der Waals surface area contributed by atoms with E-state index in [0.717, 1.165) is 29.2 Å². The molecule has 1 saturated heterocycles. The van der Waals surface area contributed by atoms with Crippen LogP contribution in [0.5, 0.6) is 0 Å². The first-order valence-electron chi connectivity index (χ1n) is 10.3. The van der Waals surface area contributed by atoms with Gasteiger partial charge in [0.05, 0.1) is 12.4 Å². The fraction of sp³-hybridized carbons (Fsp3) is 0.261. The number of benzene rings is 1. The molecular weight excluding hydrogens is 411 g/mol. The molecule has 1 atom stereocenters. The number of aromatic nitrogens is 4. The second kappa shape index (κ2) is 7.37. The summed E-state index contributed by atoms with van der Waals surface area (Å²) in [5.41, 5.74) is 3.23. The first kappa shape index (κ1) is 20.0. The standard InChI is InChI=1S/C23H21FN6O2/c1-4-19-28-29-21(32-19)23-9-13(2)7-17(10-23)30(23)22(31)27-16-6-5-14(3)18(8-16)20-25-11-15(24)12-26-20/h5-6,8,10-12H,2,4,7,9H2,1,3H3,(H,27,31)/t23-/m0/s1. The number of carbonyl (C=O) groups excluding carboxylic acids is 1. The van der Waals surface area contributed by atoms with Gasteiger partial charge in [0.1, 0.15) is 0 Å². The Labute approximate surface area is 183 Å². The normalized spacial score (nSPS) is 19.4. The van der Waals surface area contributed by atoms with Crippen LogP contribution in [0.25, 0.3) is 11.4 Å². The van der Waals surface area contributed by atoms with Crippen LogP contribution in [0.2, 0.25) is 0 Å². The Kier molecular flexibility index (Phi) is 4.61. The van der Waals surface area contributed by atoms with E-state index in [0.29, 0.717) is 48.1 Å². The van der Waals surface area contributed by atoms with E-state index in [1.54, 1.807) is 17.0 Å². The lowest BCUT2D eigenvalue weighted by Crippen LogP contribution is -2.58. The molecule has 0 unspecified atom stereocenters. The molecule has 2 aliphatic heterocycles. The molecule has 2 amide bonds. The molecule has 2 bridgehead atoms. The Morgan fingerprint density at radius 1 is 1.31 bits per heavy atom. The summed E-state index contributed by atoms with van der Waals surface area (Å²) in [5.74, 6) is 0.788. The lowest BCUT2D eigenvalue weighted by Gasteiger charge is -2.52. The highest BCUT2D eigenvalue weighted by Gasteiger charge is 2.56. The van der Waals surface area contributed by atoms with Crippen LogP contribution in [0.15, 0.2) is 58.9 Å². The van der Waals surface area contributed by atoms with Crippen molar-refractivity contribution in [1.29, 1.82) is 0 Å². The number of hydrogen-bond donors (Lipinski definition) is 1. The minimum Gasteiger partial charge on any atom is -0.422 e. The van der Waals surface area contributed by atoms with Crippen molar-refractivity contribution in [3.63, 3.8) is 0 Å². The van der Waals surface area contributed by atoms with Crippen molar-refractivity contribution in [2.75, 3.05) is 5.32 Å². The van der Waals surface area contributed by atoms with Crippen LogP contribution in [0.4, 0.5) is 14.9 Å². The van der Waals surface area contributed by atoms with Gasteiger partial charge in [0.15, 0.2) is 17.2 Å². The molecule has 6 rings (SSSR count). The number of piperidine rings is 1. The van der Waals surface area contributed by atoms with Gasteiger partial charge in [0.2, 0.25) is 11.8 Å². The molecule has 8 nitrogen and oxygen atoms in total. The molecular formula is C23H21FN6O2. The van der Waals surface area contributed by atoms with Crippen LogP contribution >= 0.6 is 0 Å². The number of carbonyl (C=O) groups is 1. The molecule has 3 aromatic rings. The number of aryl methyl sites for hydroxylation is 2. The van der Waals surface area contributed by atoms with Crippen LogP contribution in [0.1, 0.15) is 37.1 Å². The zero-order valence-corrected chi connectivity index (χ0v) is 17.7. The minimum atomic E-state index is -0.817. The number of allylic oxidation sites excluding steroid dienone is 1. The summed E-state index contributed by atoms with van der Waals surface area (Å²) in [6.07, 6.45) is 5.99. The molecule has 1 N–H and O–H groups in total. The quantitative estimate of drug-likeness (QED) is 0.609. The van der Waals surface area contributed by atoms with Crippen molar-refractivity contribution in [3.8, 4) is 11.4 Å². The van der Waals surface area contributed by atoms with Crippen molar-refractivity contribution >= 4 is 11.7 Å². The van der Waals surface area contributed by atoms with Crippen molar-refractivity contribution in [1.82, 2.24) is 25.1 Å². The highest BCUT2D eigenvalue weighted by molar-refractivity contribution is 5.93. The first-order chi connectivity index (χ1) is 15.4. The van der Waals surface area contributed by atoms with Gasteiger partial charge in [-0.25, -0.2) is 19.2 Å². The SMILES string of the molecule is C=C1CC2=C[C@](c3nnc(CC)o3)(C1)N2C(=O)Nc1ccc(C)c(-c2ncc(F)cn2)c1. The third-order valence-corrected chi connectivity index (χ3v) is 5.74. The topological polar surface area (TPSA) is 97.0 Å². The van der Waals surface area contributed by atoms with Gasteiger partial charge in [-0.2, -0.15) is 0 Å². The number of fused-ring (bicyclic) bond motifs is 2. The van der Waals surface area contributed by atoms with Crippen molar-refractivity contribution in [2.45, 2.75) is 38.6 Å². The number of amides is 2. The van der Waals surface area contributed by atoms with Gasteiger partial charge < -0.3 is 9.73 Å². The summed E-state index contributed by atoms with van der Waals surface area (Å²) in [6.45, 7) is 7.94. The predicted molar refractivity (Wildman–Crippen MR) is 115 cm³/mol. The van der Waals surface area contributed by atoms with E-state index in [-0.39, 0.29) is 6.03 Å². The van der Waals surface area contributed by atoms with E-state index in [4.69, 9.17) is 4.42 Å². The number of urea groups is 1. The smallest absolute Gasteiger partial charge is 0.327 e. The van der Waals surface area contributed by atoms with Crippen molar-refractivity contribution in [3.05, 3.63) is 77.7 Å². The van der Waals surface area contributed by atoms with Crippen LogP contribution < -0.4 is 5.32 Å². The molecule has 2 aromatic heterocycles. The fourth-order valence-electron chi connectivity index (χ4n) is 4.24. The number of hydrogen-bond acceptors (Lipinski definition) is 6. The van der Waals surface area contributed by atoms with Gasteiger partial charge in [-0.15, -0.1) is 10.2 Å². The Morgan fingerprint density at radius 3 is 2.81 bits per heavy atom. The Balaban J connectivity index is 1.44. The first-order valence-corrected chi connectivity index (χ1v) is 10.3. The molecule has 32 heavy (non-hydrogen) atoms. The predicted octanol–water partition coefficient (Wildman–Crippen LogP) is 4.51. The number of nitrogens with zero attached hydrogens (tertiary/aromatic N) is 5. The third-order valence-electron chi connectivity index (χ3n) is 5.74. The Morgan fingerprint density at radius 2 is 2.09 bits per heavy atom. The summed E-state index contributed by atoms with van der Waals surface area (Å²) in [7, 11) is 0. The zero-order chi connectivity index (χ0) is 22.5. The average Bonchev–Trinajstić information content (AvgIpc) is 3.25. The molecule has 1 fully saturated rings. The largest absolute Gasteiger partial charge is 0.422 e. The minimum absolute atomic E-state index is 0.305. The second-order valence-electron chi connectivity index (χ2n) is 8.04. The maximum absolute atomic E-state index is 13.3. The summed E-state index contributed by atoms with van der Waals surface area (Å²) >= 11 is 0. The molecule has 9 heteroatoms. The molecule has 162 valence electrons. The molecule has 1 aromatic carbocycles. The van der Waals surface area contributed by atoms with Gasteiger partial charge in [0.25, 0.3) is 0 Å². The Hall–Kier alpha value is -3.88. The molecule has 4 heterocycles. The number of rotatable bonds is 4. The number of nitrogens with one attached hydrogen (secondary N) is 1. The Bertz CT molecular complexity index is 1270. The van der Waals surface area contributed by atoms with Gasteiger partial charge in [-0.3, -0.25) is 4.90 Å². The zero-order valence-electron chi connectivity index (χ0n) is 17.7. The second-order valence-corrected chi connectivity index (χ2v) is 8.04. The van der Waals surface area contributed by atoms with Crippen LogP contribution in [0.3, 0.4) is 0 Å². The maximum Gasteiger partial charge on any atom is 0.327 e. The van der Waals surface area contributed by atoms with Crippen LogP contribution in [0, 0.1) is 12.7 Å². The van der Waals surface area contributed by atoms with E-state index in [1.165, 1.54) is 0 Å². The fourth-order valence-corrected chi connectivity index (χ4v) is 4.24. The lowest BCUT2D eigenvalue weighted by atomic mass is 9.74. The average molecular weight is 432 g/mol. The van der Waals surface area contributed by atoms with Gasteiger partial charge >= 0.3 is 6.03 Å². The third kappa shape index (κ3) is 3.17. The molecule has 0 radical (unpaired) electrons.